The molecular formula is C15H14Cl2N4OS. The number of aromatic nitrogens is 4. The zero-order chi connectivity index (χ0) is 16.4. The molecule has 120 valence electrons. The van der Waals surface area contributed by atoms with E-state index in [1.807, 2.05) is 30.5 Å². The molecule has 8 heteroatoms. The third kappa shape index (κ3) is 3.54. The van der Waals surface area contributed by atoms with Crippen LogP contribution in [0.3, 0.4) is 0 Å². The number of halogens is 2. The number of hydrogen-bond donors (Lipinski definition) is 0. The Labute approximate surface area is 148 Å². The molecule has 0 spiro atoms. The average molecular weight is 369 g/mol. The molecular weight excluding hydrogens is 355 g/mol. The van der Waals surface area contributed by atoms with Gasteiger partial charge in [0.25, 0.3) is 0 Å². The number of thioether (sulfide) groups is 1. The van der Waals surface area contributed by atoms with Gasteiger partial charge in [0, 0.05) is 29.0 Å². The van der Waals surface area contributed by atoms with Gasteiger partial charge in [-0.3, -0.25) is 0 Å². The van der Waals surface area contributed by atoms with Gasteiger partial charge in [0.15, 0.2) is 11.0 Å². The molecule has 2 aromatic heterocycles. The van der Waals surface area contributed by atoms with E-state index in [0.717, 1.165) is 34.5 Å². The summed E-state index contributed by atoms with van der Waals surface area (Å²) in [7, 11) is 0. The highest BCUT2D eigenvalue weighted by molar-refractivity contribution is 7.98. The smallest absolute Gasteiger partial charge is 0.191 e. The molecule has 0 bridgehead atoms. The quantitative estimate of drug-likeness (QED) is 0.601. The van der Waals surface area contributed by atoms with Gasteiger partial charge in [-0.25, -0.2) is 0 Å². The van der Waals surface area contributed by atoms with Crippen LogP contribution in [0.1, 0.15) is 18.4 Å². The SMILES string of the molecule is CCn1c(SCc2cc(C)on2)nnc1-c1ccc(Cl)cc1Cl. The molecule has 0 saturated heterocycles. The second kappa shape index (κ2) is 6.95. The van der Waals surface area contributed by atoms with Gasteiger partial charge in [0.05, 0.1) is 10.7 Å². The largest absolute Gasteiger partial charge is 0.361 e. The highest BCUT2D eigenvalue weighted by Crippen LogP contribution is 2.32. The maximum absolute atomic E-state index is 6.28. The number of rotatable bonds is 5. The van der Waals surface area contributed by atoms with E-state index in [1.54, 1.807) is 23.9 Å². The van der Waals surface area contributed by atoms with Gasteiger partial charge in [0.2, 0.25) is 0 Å². The second-order valence-corrected chi connectivity index (χ2v) is 6.68. The van der Waals surface area contributed by atoms with Crippen molar-refractivity contribution in [3.63, 3.8) is 0 Å². The van der Waals surface area contributed by atoms with E-state index in [4.69, 9.17) is 27.7 Å². The Bertz CT molecular complexity index is 831. The van der Waals surface area contributed by atoms with E-state index in [9.17, 15) is 0 Å². The predicted molar refractivity (Wildman–Crippen MR) is 92.0 cm³/mol. The molecule has 0 atom stereocenters. The summed E-state index contributed by atoms with van der Waals surface area (Å²) in [6.45, 7) is 4.65. The average Bonchev–Trinajstić information content (AvgIpc) is 3.11. The van der Waals surface area contributed by atoms with Crippen molar-refractivity contribution in [3.05, 3.63) is 45.8 Å². The molecule has 0 aliphatic carbocycles. The summed E-state index contributed by atoms with van der Waals surface area (Å²) < 4.78 is 7.10. The predicted octanol–water partition coefficient (Wildman–Crippen LogP) is 4.86. The Hall–Kier alpha value is -1.50. The molecule has 3 rings (SSSR count). The lowest BCUT2D eigenvalue weighted by molar-refractivity contribution is 0.393. The highest BCUT2D eigenvalue weighted by Gasteiger charge is 2.16. The molecule has 3 aromatic rings. The van der Waals surface area contributed by atoms with Crippen molar-refractivity contribution in [2.45, 2.75) is 31.3 Å². The van der Waals surface area contributed by atoms with Crippen molar-refractivity contribution in [2.24, 2.45) is 0 Å². The first-order valence-corrected chi connectivity index (χ1v) is 8.76. The number of benzene rings is 1. The van der Waals surface area contributed by atoms with Crippen molar-refractivity contribution in [1.29, 1.82) is 0 Å². The fourth-order valence-electron chi connectivity index (χ4n) is 2.18. The Balaban J connectivity index is 1.87. The van der Waals surface area contributed by atoms with Crippen LogP contribution in [0.15, 0.2) is 33.9 Å². The molecule has 23 heavy (non-hydrogen) atoms. The standard InChI is InChI=1S/C15H14Cl2N4OS/c1-3-21-14(12-5-4-10(16)7-13(12)17)18-19-15(21)23-8-11-6-9(2)22-20-11/h4-7H,3,8H2,1-2H3. The maximum Gasteiger partial charge on any atom is 0.191 e. The van der Waals surface area contributed by atoms with Gasteiger partial charge in [-0.15, -0.1) is 10.2 Å². The number of aryl methyl sites for hydroxylation is 1. The van der Waals surface area contributed by atoms with Crippen molar-refractivity contribution in [1.82, 2.24) is 19.9 Å². The van der Waals surface area contributed by atoms with Crippen LogP contribution in [0.2, 0.25) is 10.0 Å². The van der Waals surface area contributed by atoms with Crippen LogP contribution in [0.4, 0.5) is 0 Å². The Kier molecular flexibility index (Phi) is 4.94. The van der Waals surface area contributed by atoms with E-state index in [2.05, 4.69) is 15.4 Å². The Morgan fingerprint density at radius 3 is 2.70 bits per heavy atom. The van der Waals surface area contributed by atoms with Crippen LogP contribution in [0, 0.1) is 6.92 Å². The zero-order valence-electron chi connectivity index (χ0n) is 12.6. The van der Waals surface area contributed by atoms with Crippen LogP contribution in [0.25, 0.3) is 11.4 Å². The lowest BCUT2D eigenvalue weighted by Gasteiger charge is -2.08. The molecule has 1 aromatic carbocycles. The van der Waals surface area contributed by atoms with Crippen molar-refractivity contribution >= 4 is 35.0 Å². The number of nitrogens with zero attached hydrogens (tertiary/aromatic N) is 4. The lowest BCUT2D eigenvalue weighted by atomic mass is 10.2. The molecule has 0 aliphatic heterocycles. The molecule has 2 heterocycles. The van der Waals surface area contributed by atoms with E-state index >= 15 is 0 Å². The molecule has 0 fully saturated rings. The van der Waals surface area contributed by atoms with E-state index in [1.165, 1.54) is 0 Å². The second-order valence-electron chi connectivity index (χ2n) is 4.89. The van der Waals surface area contributed by atoms with Crippen LogP contribution in [-0.2, 0) is 12.3 Å². The van der Waals surface area contributed by atoms with Crippen molar-refractivity contribution in [3.8, 4) is 11.4 Å². The van der Waals surface area contributed by atoms with Gasteiger partial charge < -0.3 is 9.09 Å². The van der Waals surface area contributed by atoms with E-state index < -0.39 is 0 Å². The molecule has 0 amide bonds. The molecule has 0 aliphatic rings. The molecule has 0 radical (unpaired) electrons. The first kappa shape index (κ1) is 16.4. The maximum atomic E-state index is 6.28. The summed E-state index contributed by atoms with van der Waals surface area (Å²) >= 11 is 13.8. The van der Waals surface area contributed by atoms with Gasteiger partial charge in [-0.1, -0.05) is 40.1 Å². The summed E-state index contributed by atoms with van der Waals surface area (Å²) in [5, 5.41) is 14.5. The van der Waals surface area contributed by atoms with Crippen LogP contribution < -0.4 is 0 Å². The van der Waals surface area contributed by atoms with E-state index in [0.29, 0.717) is 15.8 Å². The summed E-state index contributed by atoms with van der Waals surface area (Å²) in [5.74, 6) is 2.20. The first-order valence-electron chi connectivity index (χ1n) is 7.02. The van der Waals surface area contributed by atoms with Gasteiger partial charge in [0.1, 0.15) is 5.76 Å². The Morgan fingerprint density at radius 1 is 1.22 bits per heavy atom. The van der Waals surface area contributed by atoms with E-state index in [-0.39, 0.29) is 0 Å². The first-order chi connectivity index (χ1) is 11.1. The topological polar surface area (TPSA) is 56.7 Å². The Morgan fingerprint density at radius 2 is 2.04 bits per heavy atom. The third-order valence-corrected chi connectivity index (χ3v) is 4.78. The fourth-order valence-corrected chi connectivity index (χ4v) is 3.55. The van der Waals surface area contributed by atoms with Crippen LogP contribution >= 0.6 is 35.0 Å². The third-order valence-electron chi connectivity index (χ3n) is 3.23. The fraction of sp³-hybridized carbons (Fsp3) is 0.267. The van der Waals surface area contributed by atoms with Gasteiger partial charge >= 0.3 is 0 Å². The van der Waals surface area contributed by atoms with Crippen LogP contribution in [0.5, 0.6) is 0 Å². The monoisotopic (exact) mass is 368 g/mol. The van der Waals surface area contributed by atoms with Gasteiger partial charge in [-0.05, 0) is 32.0 Å². The minimum Gasteiger partial charge on any atom is -0.361 e. The molecule has 5 nitrogen and oxygen atoms in total. The molecule has 0 N–H and O–H groups in total. The van der Waals surface area contributed by atoms with Gasteiger partial charge in [-0.2, -0.15) is 0 Å². The zero-order valence-corrected chi connectivity index (χ0v) is 14.9. The summed E-state index contributed by atoms with van der Waals surface area (Å²) in [4.78, 5) is 0. The normalized spacial score (nSPS) is 11.1. The van der Waals surface area contributed by atoms with Crippen molar-refractivity contribution in [2.75, 3.05) is 0 Å². The minimum atomic E-state index is 0.559. The summed E-state index contributed by atoms with van der Waals surface area (Å²) in [5.41, 5.74) is 1.69. The highest BCUT2D eigenvalue weighted by atomic mass is 35.5. The molecule has 0 saturated carbocycles. The van der Waals surface area contributed by atoms with Crippen molar-refractivity contribution < 1.29 is 4.52 Å². The summed E-state index contributed by atoms with van der Waals surface area (Å²) in [6.07, 6.45) is 0. The van der Waals surface area contributed by atoms with Crippen LogP contribution in [-0.4, -0.2) is 19.9 Å². The minimum absolute atomic E-state index is 0.559. The molecule has 0 unspecified atom stereocenters. The number of hydrogen-bond acceptors (Lipinski definition) is 5. The lowest BCUT2D eigenvalue weighted by Crippen LogP contribution is -2.00. The summed E-state index contributed by atoms with van der Waals surface area (Å²) in [6, 6.07) is 7.27.